The van der Waals surface area contributed by atoms with Gasteiger partial charge in [-0.1, -0.05) is 25.6 Å². The fraction of sp³-hybridized carbons (Fsp3) is 0.909. The summed E-state index contributed by atoms with van der Waals surface area (Å²) in [4.78, 5) is 3.48. The minimum Gasteiger partial charge on any atom is -0.374 e. The maximum atomic E-state index is 5.76. The molecule has 0 aromatic rings. The smallest absolute Gasteiger partial charge is 0.209 e. The summed E-state index contributed by atoms with van der Waals surface area (Å²) in [6, 6.07) is 0.680. The lowest BCUT2D eigenvalue weighted by Gasteiger charge is -2.49. The third-order valence-corrected chi connectivity index (χ3v) is 4.80. The van der Waals surface area contributed by atoms with E-state index in [2.05, 4.69) is 18.9 Å². The summed E-state index contributed by atoms with van der Waals surface area (Å²) in [6.45, 7) is 2.29. The summed E-state index contributed by atoms with van der Waals surface area (Å²) in [5.41, 5.74) is 5.76. The molecule has 0 spiro atoms. The van der Waals surface area contributed by atoms with Gasteiger partial charge in [-0.25, -0.2) is 0 Å². The molecule has 1 aliphatic carbocycles. The van der Waals surface area contributed by atoms with E-state index in [1.54, 1.807) is 0 Å². The van der Waals surface area contributed by atoms with Gasteiger partial charge < -0.3 is 10.5 Å². The van der Waals surface area contributed by atoms with Gasteiger partial charge in [-0.3, -0.25) is 0 Å². The zero-order valence-corrected chi connectivity index (χ0v) is 10.5. The van der Waals surface area contributed by atoms with Crippen LogP contribution in [0, 0.1) is 5.92 Å². The number of likely N-dealkylation sites (tertiary alicyclic amines) is 1. The van der Waals surface area contributed by atoms with Crippen LogP contribution in [0.5, 0.6) is 0 Å². The number of hydrogen-bond acceptors (Lipinski definition) is 2. The van der Waals surface area contributed by atoms with Crippen molar-refractivity contribution >= 4 is 24.6 Å². The highest BCUT2D eigenvalue weighted by molar-refractivity contribution is 7.80. The largest absolute Gasteiger partial charge is 0.374 e. The van der Waals surface area contributed by atoms with Gasteiger partial charge in [0.25, 0.3) is 0 Å². The van der Waals surface area contributed by atoms with E-state index in [1.165, 1.54) is 25.7 Å². The molecule has 0 aromatic heterocycles. The number of fused-ring (bicyclic) bond motifs is 1. The molecule has 3 unspecified atom stereocenters. The average Bonchev–Trinajstić information content (AvgIpc) is 2.24. The van der Waals surface area contributed by atoms with Gasteiger partial charge in [0, 0.05) is 13.1 Å². The lowest BCUT2D eigenvalue weighted by molar-refractivity contribution is 0.139. The van der Waals surface area contributed by atoms with Crippen LogP contribution in [0.4, 0.5) is 0 Å². The zero-order valence-electron chi connectivity index (χ0n) is 9.70. The number of nitrogens with zero attached hydrogens (tertiary/aromatic N) is 1. The molecule has 1 aliphatic heterocycles. The summed E-state index contributed by atoms with van der Waals surface area (Å²) < 4.78 is 0. The summed E-state index contributed by atoms with van der Waals surface area (Å²) in [6.07, 6.45) is 6.04. The van der Waals surface area contributed by atoms with Crippen molar-refractivity contribution in [1.82, 2.24) is 4.90 Å². The van der Waals surface area contributed by atoms with Crippen LogP contribution in [-0.2, 0) is 0 Å². The Morgan fingerprint density at radius 1 is 1.53 bits per heavy atom. The SMILES string of the molecule is CN1C(=S)CCC2CC(C)([B]N)CCC21. The highest BCUT2D eigenvalue weighted by Crippen LogP contribution is 2.47. The second kappa shape index (κ2) is 4.06. The van der Waals surface area contributed by atoms with Crippen molar-refractivity contribution in [2.24, 2.45) is 11.6 Å². The number of hydrogen-bond donors (Lipinski definition) is 1. The topological polar surface area (TPSA) is 29.3 Å². The van der Waals surface area contributed by atoms with Crippen LogP contribution in [0.15, 0.2) is 0 Å². The Labute approximate surface area is 98.8 Å². The molecule has 2 N–H and O–H groups in total. The number of thiocarbonyl (C=S) groups is 1. The van der Waals surface area contributed by atoms with Crippen LogP contribution in [0.1, 0.15) is 39.0 Å². The van der Waals surface area contributed by atoms with Gasteiger partial charge in [-0.2, -0.15) is 0 Å². The summed E-state index contributed by atoms with van der Waals surface area (Å²) in [7, 11) is 4.07. The third-order valence-electron chi connectivity index (χ3n) is 4.31. The summed E-state index contributed by atoms with van der Waals surface area (Å²) in [5.74, 6) is 0.792. The molecular formula is C11H20BN2S. The average molecular weight is 223 g/mol. The molecule has 1 radical (unpaired) electrons. The first-order valence-corrected chi connectivity index (χ1v) is 6.28. The van der Waals surface area contributed by atoms with Crippen molar-refractivity contribution in [3.63, 3.8) is 0 Å². The van der Waals surface area contributed by atoms with Crippen LogP contribution < -0.4 is 5.64 Å². The van der Waals surface area contributed by atoms with Crippen LogP contribution in [0.3, 0.4) is 0 Å². The number of rotatable bonds is 1. The fourth-order valence-electron chi connectivity index (χ4n) is 3.18. The van der Waals surface area contributed by atoms with Crippen LogP contribution in [-0.4, -0.2) is 30.4 Å². The van der Waals surface area contributed by atoms with Crippen LogP contribution >= 0.6 is 12.2 Å². The molecule has 0 aromatic carbocycles. The fourth-order valence-corrected chi connectivity index (χ4v) is 3.43. The van der Waals surface area contributed by atoms with Crippen molar-refractivity contribution in [2.75, 3.05) is 7.05 Å². The second-order valence-electron chi connectivity index (χ2n) is 5.43. The number of piperidine rings is 1. The maximum Gasteiger partial charge on any atom is 0.209 e. The molecule has 2 rings (SSSR count). The van der Waals surface area contributed by atoms with Gasteiger partial charge in [0.1, 0.15) is 0 Å². The minimum absolute atomic E-state index is 0.265. The van der Waals surface area contributed by atoms with E-state index in [9.17, 15) is 0 Å². The molecule has 2 aliphatic rings. The first-order chi connectivity index (χ1) is 7.06. The van der Waals surface area contributed by atoms with Crippen LogP contribution in [0.2, 0.25) is 5.31 Å². The Balaban J connectivity index is 2.08. The molecule has 15 heavy (non-hydrogen) atoms. The first kappa shape index (κ1) is 11.4. The van der Waals surface area contributed by atoms with Gasteiger partial charge in [0.05, 0.1) is 4.99 Å². The highest BCUT2D eigenvalue weighted by atomic mass is 32.1. The third kappa shape index (κ3) is 2.07. The van der Waals surface area contributed by atoms with E-state index < -0.39 is 0 Å². The van der Waals surface area contributed by atoms with E-state index in [4.69, 9.17) is 17.9 Å². The molecular weight excluding hydrogens is 203 g/mol. The molecule has 4 heteroatoms. The van der Waals surface area contributed by atoms with E-state index in [1.807, 2.05) is 7.41 Å². The Morgan fingerprint density at radius 2 is 2.27 bits per heavy atom. The van der Waals surface area contributed by atoms with Crippen molar-refractivity contribution in [1.29, 1.82) is 0 Å². The Morgan fingerprint density at radius 3 is 2.93 bits per heavy atom. The molecule has 1 heterocycles. The molecule has 0 amide bonds. The van der Waals surface area contributed by atoms with Gasteiger partial charge in [-0.05, 0) is 36.9 Å². The van der Waals surface area contributed by atoms with E-state index in [-0.39, 0.29) is 5.31 Å². The lowest BCUT2D eigenvalue weighted by atomic mass is 9.52. The first-order valence-electron chi connectivity index (χ1n) is 5.87. The Kier molecular flexibility index (Phi) is 3.08. The Hall–Kier alpha value is -0.0851. The predicted molar refractivity (Wildman–Crippen MR) is 69.0 cm³/mol. The predicted octanol–water partition coefficient (Wildman–Crippen LogP) is 1.96. The van der Waals surface area contributed by atoms with E-state index in [0.29, 0.717) is 6.04 Å². The number of nitrogens with two attached hydrogens (primary N) is 1. The maximum absolute atomic E-state index is 5.76. The van der Waals surface area contributed by atoms with Crippen molar-refractivity contribution in [3.05, 3.63) is 0 Å². The molecule has 1 saturated carbocycles. The van der Waals surface area contributed by atoms with Crippen LogP contribution in [0.25, 0.3) is 0 Å². The van der Waals surface area contributed by atoms with Crippen molar-refractivity contribution in [3.8, 4) is 0 Å². The molecule has 0 bridgehead atoms. The van der Waals surface area contributed by atoms with Crippen molar-refractivity contribution < 1.29 is 0 Å². The lowest BCUT2D eigenvalue weighted by Crippen LogP contribution is -2.50. The van der Waals surface area contributed by atoms with E-state index >= 15 is 0 Å². The molecule has 2 fully saturated rings. The molecule has 1 saturated heterocycles. The minimum atomic E-state index is 0.265. The van der Waals surface area contributed by atoms with Gasteiger partial charge in [0.15, 0.2) is 0 Å². The Bertz CT molecular complexity index is 271. The molecule has 83 valence electrons. The standard InChI is InChI=1S/C11H20BN2S/c1-11(12-13)6-5-9-8(7-11)3-4-10(15)14(9)2/h8-9H,3-7,13H2,1-2H3. The molecule has 3 atom stereocenters. The van der Waals surface area contributed by atoms with E-state index in [0.717, 1.165) is 17.3 Å². The highest BCUT2D eigenvalue weighted by Gasteiger charge is 2.41. The quantitative estimate of drug-likeness (QED) is 0.544. The van der Waals surface area contributed by atoms with Gasteiger partial charge in [0.2, 0.25) is 7.41 Å². The second-order valence-corrected chi connectivity index (χ2v) is 5.91. The summed E-state index contributed by atoms with van der Waals surface area (Å²) >= 11 is 5.38. The normalized spacial score (nSPS) is 41.3. The zero-order chi connectivity index (χ0) is 11.1. The molecule has 2 nitrogen and oxygen atoms in total. The monoisotopic (exact) mass is 223 g/mol. The van der Waals surface area contributed by atoms with Crippen molar-refractivity contribution in [2.45, 2.75) is 50.4 Å². The van der Waals surface area contributed by atoms with Gasteiger partial charge in [-0.15, -0.1) is 0 Å². The van der Waals surface area contributed by atoms with Gasteiger partial charge >= 0.3 is 0 Å². The summed E-state index contributed by atoms with van der Waals surface area (Å²) in [5, 5.41) is 0.265.